The van der Waals surface area contributed by atoms with E-state index in [1.807, 2.05) is 0 Å². The second kappa shape index (κ2) is 10.2. The lowest BCUT2D eigenvalue weighted by atomic mass is 9.96. The van der Waals surface area contributed by atoms with Gasteiger partial charge in [0.15, 0.2) is 5.16 Å². The number of imide groups is 1. The van der Waals surface area contributed by atoms with E-state index in [-0.39, 0.29) is 17.4 Å². The number of hydrogen-bond donors (Lipinski definition) is 2. The number of carbonyl (C=O) groups excluding carboxylic acids is 2. The van der Waals surface area contributed by atoms with Crippen molar-refractivity contribution in [1.82, 2.24) is 20.2 Å². The highest BCUT2D eigenvalue weighted by Gasteiger charge is 2.18. The maximum atomic E-state index is 13.2. The number of urea groups is 1. The van der Waals surface area contributed by atoms with Crippen LogP contribution in [0.4, 0.5) is 4.79 Å². The van der Waals surface area contributed by atoms with E-state index in [2.05, 4.69) is 15.6 Å². The van der Waals surface area contributed by atoms with Crippen LogP contribution in [0, 0.1) is 0 Å². The number of rotatable bonds is 5. The molecule has 0 spiro atoms. The van der Waals surface area contributed by atoms with Crippen LogP contribution in [0.1, 0.15) is 32.1 Å². The first-order chi connectivity index (χ1) is 15.5. The van der Waals surface area contributed by atoms with Crippen LogP contribution in [0.5, 0.6) is 0 Å². The molecule has 0 unspecified atom stereocenters. The SMILES string of the molecule is O=C(CSc1nc2ccccc2c(=O)n1-c1cccc(Cl)c1)NC(=O)NC1CCCCC1. The molecule has 1 saturated carbocycles. The van der Waals surface area contributed by atoms with E-state index in [4.69, 9.17) is 11.6 Å². The molecule has 1 aromatic heterocycles. The summed E-state index contributed by atoms with van der Waals surface area (Å²) in [4.78, 5) is 42.3. The lowest BCUT2D eigenvalue weighted by molar-refractivity contribution is -0.117. The molecule has 1 aliphatic rings. The van der Waals surface area contributed by atoms with Gasteiger partial charge in [-0.3, -0.25) is 19.5 Å². The van der Waals surface area contributed by atoms with E-state index in [0.29, 0.717) is 26.8 Å². The fraction of sp³-hybridized carbons (Fsp3) is 0.304. The summed E-state index contributed by atoms with van der Waals surface area (Å²) in [6.07, 6.45) is 5.22. The van der Waals surface area contributed by atoms with Crippen molar-refractivity contribution in [2.45, 2.75) is 43.3 Å². The number of fused-ring (bicyclic) bond motifs is 1. The molecule has 2 aromatic carbocycles. The lowest BCUT2D eigenvalue weighted by Crippen LogP contribution is -2.45. The number of carbonyl (C=O) groups is 2. The van der Waals surface area contributed by atoms with E-state index in [9.17, 15) is 14.4 Å². The summed E-state index contributed by atoms with van der Waals surface area (Å²) in [5.41, 5.74) is 0.836. The molecule has 1 fully saturated rings. The summed E-state index contributed by atoms with van der Waals surface area (Å²) >= 11 is 7.22. The minimum Gasteiger partial charge on any atom is -0.335 e. The van der Waals surface area contributed by atoms with Crippen molar-refractivity contribution in [2.24, 2.45) is 0 Å². The average molecular weight is 471 g/mol. The molecule has 7 nitrogen and oxygen atoms in total. The molecule has 166 valence electrons. The number of thioether (sulfide) groups is 1. The smallest absolute Gasteiger partial charge is 0.321 e. The van der Waals surface area contributed by atoms with Crippen LogP contribution >= 0.6 is 23.4 Å². The number of para-hydroxylation sites is 1. The van der Waals surface area contributed by atoms with E-state index >= 15 is 0 Å². The third kappa shape index (κ3) is 5.31. The van der Waals surface area contributed by atoms with Gasteiger partial charge in [-0.2, -0.15) is 0 Å². The zero-order chi connectivity index (χ0) is 22.5. The Bertz CT molecular complexity index is 1210. The number of aromatic nitrogens is 2. The molecule has 0 saturated heterocycles. The molecule has 1 aliphatic carbocycles. The quantitative estimate of drug-likeness (QED) is 0.428. The predicted molar refractivity (Wildman–Crippen MR) is 127 cm³/mol. The minimum absolute atomic E-state index is 0.0660. The van der Waals surface area contributed by atoms with Crippen molar-refractivity contribution in [3.8, 4) is 5.69 Å². The van der Waals surface area contributed by atoms with Crippen LogP contribution in [0.25, 0.3) is 16.6 Å². The monoisotopic (exact) mass is 470 g/mol. The molecule has 1 heterocycles. The van der Waals surface area contributed by atoms with Crippen molar-refractivity contribution in [1.29, 1.82) is 0 Å². The highest BCUT2D eigenvalue weighted by molar-refractivity contribution is 7.99. The lowest BCUT2D eigenvalue weighted by Gasteiger charge is -2.22. The Morgan fingerprint density at radius 3 is 2.66 bits per heavy atom. The zero-order valence-electron chi connectivity index (χ0n) is 17.3. The van der Waals surface area contributed by atoms with Crippen LogP contribution in [0.3, 0.4) is 0 Å². The average Bonchev–Trinajstić information content (AvgIpc) is 2.78. The topological polar surface area (TPSA) is 93.1 Å². The number of nitrogens with zero attached hydrogens (tertiary/aromatic N) is 2. The summed E-state index contributed by atoms with van der Waals surface area (Å²) < 4.78 is 1.44. The molecule has 3 aromatic rings. The highest BCUT2D eigenvalue weighted by atomic mass is 35.5. The maximum absolute atomic E-state index is 13.2. The Labute approximate surface area is 194 Å². The summed E-state index contributed by atoms with van der Waals surface area (Å²) in [7, 11) is 0. The number of hydrogen-bond acceptors (Lipinski definition) is 5. The van der Waals surface area contributed by atoms with Crippen LogP contribution in [-0.2, 0) is 4.79 Å². The number of nitrogens with one attached hydrogen (secondary N) is 2. The van der Waals surface area contributed by atoms with Gasteiger partial charge in [-0.25, -0.2) is 9.78 Å². The normalized spacial score (nSPS) is 14.3. The summed E-state index contributed by atoms with van der Waals surface area (Å²) in [6.45, 7) is 0. The first-order valence-corrected chi connectivity index (χ1v) is 11.9. The molecule has 2 N–H and O–H groups in total. The highest BCUT2D eigenvalue weighted by Crippen LogP contribution is 2.23. The fourth-order valence-electron chi connectivity index (χ4n) is 3.81. The Kier molecular flexibility index (Phi) is 7.12. The van der Waals surface area contributed by atoms with Crippen molar-refractivity contribution in [2.75, 3.05) is 5.75 Å². The summed E-state index contributed by atoms with van der Waals surface area (Å²) in [5, 5.41) is 6.52. The molecule has 0 aliphatic heterocycles. The standard InChI is InChI=1S/C23H23ClN4O3S/c24-15-7-6-10-17(13-15)28-21(30)18-11-4-5-12-19(18)26-23(28)32-14-20(29)27-22(31)25-16-8-2-1-3-9-16/h4-7,10-13,16H,1-3,8-9,14H2,(H2,25,27,29,31). The van der Waals surface area contributed by atoms with E-state index in [1.54, 1.807) is 48.5 Å². The van der Waals surface area contributed by atoms with Crippen LogP contribution in [-0.4, -0.2) is 33.3 Å². The van der Waals surface area contributed by atoms with Crippen LogP contribution < -0.4 is 16.2 Å². The molecular formula is C23H23ClN4O3S. The molecule has 3 amide bonds. The van der Waals surface area contributed by atoms with Gasteiger partial charge in [-0.05, 0) is 43.2 Å². The number of halogens is 1. The largest absolute Gasteiger partial charge is 0.335 e. The van der Waals surface area contributed by atoms with Gasteiger partial charge >= 0.3 is 6.03 Å². The first-order valence-electron chi connectivity index (χ1n) is 10.5. The van der Waals surface area contributed by atoms with Gasteiger partial charge in [-0.1, -0.05) is 60.8 Å². The van der Waals surface area contributed by atoms with Gasteiger partial charge in [0.1, 0.15) is 0 Å². The van der Waals surface area contributed by atoms with Gasteiger partial charge < -0.3 is 5.32 Å². The second-order valence-electron chi connectivity index (χ2n) is 7.68. The molecule has 0 atom stereocenters. The maximum Gasteiger partial charge on any atom is 0.321 e. The Hall–Kier alpha value is -2.84. The molecule has 32 heavy (non-hydrogen) atoms. The Morgan fingerprint density at radius 2 is 1.88 bits per heavy atom. The third-order valence-corrected chi connectivity index (χ3v) is 6.51. The van der Waals surface area contributed by atoms with Crippen molar-refractivity contribution >= 4 is 46.2 Å². The molecule has 9 heteroatoms. The van der Waals surface area contributed by atoms with E-state index in [1.165, 1.54) is 11.0 Å². The minimum atomic E-state index is -0.485. The number of amides is 3. The van der Waals surface area contributed by atoms with Crippen LogP contribution in [0.15, 0.2) is 58.5 Å². The molecule has 0 bridgehead atoms. The van der Waals surface area contributed by atoms with Crippen LogP contribution in [0.2, 0.25) is 5.02 Å². The third-order valence-electron chi connectivity index (χ3n) is 5.34. The van der Waals surface area contributed by atoms with Gasteiger partial charge in [0.25, 0.3) is 5.56 Å². The molecular weight excluding hydrogens is 448 g/mol. The van der Waals surface area contributed by atoms with Crippen molar-refractivity contribution in [3.05, 3.63) is 63.9 Å². The van der Waals surface area contributed by atoms with Crippen molar-refractivity contribution in [3.63, 3.8) is 0 Å². The fourth-order valence-corrected chi connectivity index (χ4v) is 4.81. The van der Waals surface area contributed by atoms with E-state index in [0.717, 1.165) is 37.4 Å². The van der Waals surface area contributed by atoms with E-state index < -0.39 is 11.9 Å². The van der Waals surface area contributed by atoms with Gasteiger partial charge in [0.2, 0.25) is 5.91 Å². The zero-order valence-corrected chi connectivity index (χ0v) is 18.9. The van der Waals surface area contributed by atoms with Gasteiger partial charge in [0.05, 0.1) is 22.3 Å². The van der Waals surface area contributed by atoms with Crippen molar-refractivity contribution < 1.29 is 9.59 Å². The molecule has 0 radical (unpaired) electrons. The molecule has 4 rings (SSSR count). The van der Waals surface area contributed by atoms with Gasteiger partial charge in [0, 0.05) is 11.1 Å². The number of benzene rings is 2. The first kappa shape index (κ1) is 22.4. The summed E-state index contributed by atoms with van der Waals surface area (Å²) in [5.74, 6) is -0.521. The second-order valence-corrected chi connectivity index (χ2v) is 9.06. The predicted octanol–water partition coefficient (Wildman–Crippen LogP) is 4.29. The summed E-state index contributed by atoms with van der Waals surface area (Å²) in [6, 6.07) is 13.6. The van der Waals surface area contributed by atoms with Gasteiger partial charge in [-0.15, -0.1) is 0 Å². The Balaban J connectivity index is 1.53. The Morgan fingerprint density at radius 1 is 1.09 bits per heavy atom.